The Hall–Kier alpha value is -5.38. The van der Waals surface area contributed by atoms with Gasteiger partial charge in [0.25, 0.3) is 15.9 Å². The van der Waals surface area contributed by atoms with Gasteiger partial charge in [0.15, 0.2) is 5.82 Å². The summed E-state index contributed by atoms with van der Waals surface area (Å²) in [6.45, 7) is 0.699. The Morgan fingerprint density at radius 2 is 1.81 bits per heavy atom. The molecule has 0 saturated heterocycles. The van der Waals surface area contributed by atoms with Gasteiger partial charge < -0.3 is 16.4 Å². The van der Waals surface area contributed by atoms with Crippen molar-refractivity contribution in [1.29, 1.82) is 5.26 Å². The first-order chi connectivity index (χ1) is 20.8. The summed E-state index contributed by atoms with van der Waals surface area (Å²) in [5.74, 6) is -0.923. The molecular weight excluding hydrogens is 569 g/mol. The fourth-order valence-corrected chi connectivity index (χ4v) is 5.57. The van der Waals surface area contributed by atoms with Crippen molar-refractivity contribution in [3.8, 4) is 17.2 Å². The Kier molecular flexibility index (Phi) is 8.56. The molecule has 4 N–H and O–H groups in total. The normalized spacial score (nSPS) is 11.9. The van der Waals surface area contributed by atoms with Gasteiger partial charge in [-0.15, -0.1) is 5.10 Å². The van der Waals surface area contributed by atoms with E-state index in [2.05, 4.69) is 20.7 Å². The number of carbonyl (C=O) groups excluding carboxylic acids is 1. The monoisotopic (exact) mass is 595 g/mol. The Labute approximate surface area is 247 Å². The molecule has 0 fully saturated rings. The van der Waals surface area contributed by atoms with E-state index in [1.807, 2.05) is 30.3 Å². The highest BCUT2D eigenvalue weighted by atomic mass is 32.2. The van der Waals surface area contributed by atoms with E-state index < -0.39 is 21.9 Å². The number of carbonyl (C=O) groups is 1. The second-order valence-corrected chi connectivity index (χ2v) is 11.4. The number of amides is 1. The van der Waals surface area contributed by atoms with Gasteiger partial charge in [-0.05, 0) is 53.1 Å². The highest BCUT2D eigenvalue weighted by Crippen LogP contribution is 2.27. The summed E-state index contributed by atoms with van der Waals surface area (Å²) in [6.07, 6.45) is 4.40. The summed E-state index contributed by atoms with van der Waals surface area (Å²) in [6, 6.07) is 24.0. The number of hydrogen-bond acceptors (Lipinski definition) is 8. The molecule has 0 aliphatic rings. The predicted molar refractivity (Wildman–Crippen MR) is 158 cm³/mol. The van der Waals surface area contributed by atoms with E-state index in [0.29, 0.717) is 28.8 Å². The Morgan fingerprint density at radius 3 is 2.51 bits per heavy atom. The number of pyridine rings is 1. The molecule has 1 atom stereocenters. The highest BCUT2D eigenvalue weighted by Gasteiger charge is 2.21. The van der Waals surface area contributed by atoms with Gasteiger partial charge in [-0.3, -0.25) is 9.78 Å². The maximum Gasteiger partial charge on any atom is 0.283 e. The number of nitrogens with one attached hydrogen (secondary N) is 2. The fraction of sp³-hybridized carbons (Fsp3) is 0.0968. The maximum absolute atomic E-state index is 14.0. The average molecular weight is 596 g/mol. The fourth-order valence-electron chi connectivity index (χ4n) is 4.41. The van der Waals surface area contributed by atoms with Crippen LogP contribution in [-0.4, -0.2) is 35.0 Å². The van der Waals surface area contributed by atoms with Gasteiger partial charge in [0.2, 0.25) is 0 Å². The summed E-state index contributed by atoms with van der Waals surface area (Å²) in [4.78, 5) is 16.9. The summed E-state index contributed by atoms with van der Waals surface area (Å²) in [7, 11) is -3.89. The van der Waals surface area contributed by atoms with Gasteiger partial charge in [-0.1, -0.05) is 48.5 Å². The van der Waals surface area contributed by atoms with Gasteiger partial charge in [-0.2, -0.15) is 17.8 Å². The van der Waals surface area contributed by atoms with Crippen LogP contribution in [0.4, 0.5) is 10.2 Å². The second-order valence-electron chi connectivity index (χ2n) is 9.57. The quantitative estimate of drug-likeness (QED) is 0.219. The van der Waals surface area contributed by atoms with Gasteiger partial charge in [0.05, 0.1) is 28.3 Å². The summed E-state index contributed by atoms with van der Waals surface area (Å²) in [5, 5.41) is 19.5. The van der Waals surface area contributed by atoms with E-state index in [1.165, 1.54) is 42.7 Å². The van der Waals surface area contributed by atoms with Crippen molar-refractivity contribution in [3.63, 3.8) is 0 Å². The molecule has 0 radical (unpaired) electrons. The first-order valence-corrected chi connectivity index (χ1v) is 14.6. The molecule has 12 heteroatoms. The van der Waals surface area contributed by atoms with Crippen molar-refractivity contribution in [3.05, 3.63) is 132 Å². The zero-order valence-electron chi connectivity index (χ0n) is 22.7. The molecule has 1 amide bonds. The second kappa shape index (κ2) is 12.6. The molecule has 5 aromatic rings. The van der Waals surface area contributed by atoms with Crippen molar-refractivity contribution >= 4 is 21.7 Å². The van der Waals surface area contributed by atoms with Crippen LogP contribution in [0.2, 0.25) is 0 Å². The Bertz CT molecular complexity index is 1890. The minimum atomic E-state index is -3.89. The van der Waals surface area contributed by atoms with E-state index in [-0.39, 0.29) is 28.7 Å². The lowest BCUT2D eigenvalue weighted by Gasteiger charge is -2.20. The molecule has 0 aliphatic heterocycles. The summed E-state index contributed by atoms with van der Waals surface area (Å²) >= 11 is 0. The molecule has 0 spiro atoms. The summed E-state index contributed by atoms with van der Waals surface area (Å²) in [5.41, 5.74) is 8.95. The molecule has 0 saturated carbocycles. The number of hydrogen-bond donors (Lipinski definition) is 3. The number of aromatic nitrogens is 3. The number of anilines is 1. The van der Waals surface area contributed by atoms with Crippen LogP contribution in [0.3, 0.4) is 0 Å². The molecule has 3 aromatic carbocycles. The number of nitrogen functional groups attached to an aromatic ring is 1. The van der Waals surface area contributed by atoms with Crippen molar-refractivity contribution in [2.45, 2.75) is 17.5 Å². The molecule has 10 nitrogen and oxygen atoms in total. The molecule has 0 bridgehead atoms. The van der Waals surface area contributed by atoms with Crippen LogP contribution in [0.5, 0.6) is 0 Å². The highest BCUT2D eigenvalue weighted by molar-refractivity contribution is 7.89. The predicted octanol–water partition coefficient (Wildman–Crippen LogP) is 4.04. The van der Waals surface area contributed by atoms with Gasteiger partial charge >= 0.3 is 0 Å². The topological polar surface area (TPSA) is 156 Å². The Balaban J connectivity index is 1.29. The van der Waals surface area contributed by atoms with E-state index in [0.717, 1.165) is 9.65 Å². The van der Waals surface area contributed by atoms with Crippen LogP contribution >= 0.6 is 0 Å². The lowest BCUT2D eigenvalue weighted by molar-refractivity contribution is 0.0935. The van der Waals surface area contributed by atoms with Crippen LogP contribution < -0.4 is 16.4 Å². The maximum atomic E-state index is 14.0. The van der Waals surface area contributed by atoms with Crippen LogP contribution in [0.15, 0.2) is 108 Å². The third kappa shape index (κ3) is 6.59. The van der Waals surface area contributed by atoms with Crippen LogP contribution in [0.25, 0.3) is 11.1 Å². The largest absolute Gasteiger partial charge is 0.382 e. The smallest absolute Gasteiger partial charge is 0.283 e. The average Bonchev–Trinajstić information content (AvgIpc) is 3.44. The number of rotatable bonds is 10. The number of benzene rings is 3. The van der Waals surface area contributed by atoms with Crippen molar-refractivity contribution in [1.82, 2.24) is 24.8 Å². The molecule has 43 heavy (non-hydrogen) atoms. The van der Waals surface area contributed by atoms with E-state index >= 15 is 0 Å². The first kappa shape index (κ1) is 29.1. The zero-order valence-corrected chi connectivity index (χ0v) is 23.5. The standard InChI is InChI=1S/C31H26FN7O3S/c32-28-13-12-23(15-25(28)16-33)29(37-31(40)24-5-4-14-35-18-24)19-36-17-21-8-10-22(11-9-21)27-20-39(38-30(27)34)43(41,42)26-6-2-1-3-7-26/h1-15,18,20,29,36H,17,19H2,(H2,34,38)(H,37,40)/t29-/m1/s1. The lowest BCUT2D eigenvalue weighted by Crippen LogP contribution is -2.35. The van der Waals surface area contributed by atoms with Crippen molar-refractivity contribution in [2.75, 3.05) is 12.3 Å². The summed E-state index contributed by atoms with van der Waals surface area (Å²) < 4.78 is 40.7. The zero-order chi connectivity index (χ0) is 30.4. The van der Waals surface area contributed by atoms with Gasteiger partial charge in [0.1, 0.15) is 11.9 Å². The minimum Gasteiger partial charge on any atom is -0.382 e. The SMILES string of the molecule is N#Cc1cc([C@@H](CNCc2ccc(-c3cn(S(=O)(=O)c4ccccc4)nc3N)cc2)NC(=O)c2cccnc2)ccc1F. The molecule has 216 valence electrons. The van der Waals surface area contributed by atoms with Crippen molar-refractivity contribution < 1.29 is 17.6 Å². The molecule has 0 aliphatic carbocycles. The molecular formula is C31H26FN7O3S. The van der Waals surface area contributed by atoms with Crippen LogP contribution in [0.1, 0.15) is 33.1 Å². The van der Waals surface area contributed by atoms with Gasteiger partial charge in [0, 0.05) is 31.0 Å². The van der Waals surface area contributed by atoms with E-state index in [9.17, 15) is 22.9 Å². The molecule has 2 heterocycles. The molecule has 0 unspecified atom stereocenters. The number of halogens is 1. The van der Waals surface area contributed by atoms with Crippen LogP contribution in [-0.2, 0) is 16.6 Å². The number of nitrogens with two attached hydrogens (primary N) is 1. The van der Waals surface area contributed by atoms with Crippen molar-refractivity contribution in [2.24, 2.45) is 0 Å². The lowest BCUT2D eigenvalue weighted by atomic mass is 10.0. The number of nitriles is 1. The Morgan fingerprint density at radius 1 is 1.05 bits per heavy atom. The first-order valence-electron chi connectivity index (χ1n) is 13.1. The minimum absolute atomic E-state index is 0.0774. The third-order valence-electron chi connectivity index (χ3n) is 6.69. The number of nitrogens with zero attached hydrogens (tertiary/aromatic N) is 4. The van der Waals surface area contributed by atoms with Gasteiger partial charge in [-0.25, -0.2) is 4.39 Å². The molecule has 5 rings (SSSR count). The van der Waals surface area contributed by atoms with Crippen LogP contribution in [0, 0.1) is 17.1 Å². The third-order valence-corrected chi connectivity index (χ3v) is 8.24. The van der Waals surface area contributed by atoms with E-state index in [1.54, 1.807) is 36.5 Å². The molecule has 2 aromatic heterocycles. The van der Waals surface area contributed by atoms with E-state index in [4.69, 9.17) is 5.73 Å².